The Kier molecular flexibility index (Phi) is 7.91. The molecule has 0 unspecified atom stereocenters. The van der Waals surface area contributed by atoms with Crippen LogP contribution >= 0.6 is 0 Å². The summed E-state index contributed by atoms with van der Waals surface area (Å²) in [5.74, 6) is -0.173. The second kappa shape index (κ2) is 10.6. The van der Waals surface area contributed by atoms with Crippen molar-refractivity contribution in [3.05, 3.63) is 53.2 Å². The van der Waals surface area contributed by atoms with E-state index in [1.165, 1.54) is 16.6 Å². The van der Waals surface area contributed by atoms with Gasteiger partial charge in [-0.05, 0) is 23.8 Å². The van der Waals surface area contributed by atoms with E-state index in [4.69, 9.17) is 15.9 Å². The SMILES string of the molecule is COCCN1CCN(S(=O)(=O)c2ccc(CNC(=O)c3cnc(N)c(C=N)c3)cc2)CC1.[HH].[HH]. The Labute approximate surface area is 190 Å². The zero-order chi connectivity index (χ0) is 23.1. The van der Waals surface area contributed by atoms with Gasteiger partial charge in [0.1, 0.15) is 5.82 Å². The van der Waals surface area contributed by atoms with Gasteiger partial charge in [-0.1, -0.05) is 12.1 Å². The van der Waals surface area contributed by atoms with E-state index in [0.29, 0.717) is 43.9 Å². The number of anilines is 1. The molecule has 32 heavy (non-hydrogen) atoms. The number of sulfonamides is 1. The number of nitrogens with one attached hydrogen (secondary N) is 2. The van der Waals surface area contributed by atoms with Crippen molar-refractivity contribution >= 4 is 28.0 Å². The number of rotatable bonds is 9. The molecule has 4 N–H and O–H groups in total. The highest BCUT2D eigenvalue weighted by molar-refractivity contribution is 7.89. The average molecular weight is 465 g/mol. The molecule has 0 bridgehead atoms. The van der Waals surface area contributed by atoms with E-state index in [-0.39, 0.29) is 26.0 Å². The Morgan fingerprint density at radius 2 is 1.97 bits per heavy atom. The lowest BCUT2D eigenvalue weighted by molar-refractivity contribution is 0.0950. The fourth-order valence-electron chi connectivity index (χ4n) is 3.36. The van der Waals surface area contributed by atoms with Crippen LogP contribution in [-0.4, -0.2) is 81.2 Å². The first-order chi connectivity index (χ1) is 15.3. The molecule has 2 heterocycles. The summed E-state index contributed by atoms with van der Waals surface area (Å²) in [6.45, 7) is 3.87. The number of carbonyl (C=O) groups excluding carboxylic acids is 1. The fourth-order valence-corrected chi connectivity index (χ4v) is 4.78. The first-order valence-corrected chi connectivity index (χ1v) is 11.6. The molecule has 1 amide bonds. The van der Waals surface area contributed by atoms with Gasteiger partial charge in [-0.3, -0.25) is 9.69 Å². The molecule has 0 atom stereocenters. The molecule has 0 radical (unpaired) electrons. The lowest BCUT2D eigenvalue weighted by atomic mass is 10.1. The van der Waals surface area contributed by atoms with Gasteiger partial charge in [0.2, 0.25) is 10.0 Å². The number of hydrogen-bond donors (Lipinski definition) is 3. The minimum atomic E-state index is -3.56. The number of aromatic nitrogens is 1. The van der Waals surface area contributed by atoms with E-state index < -0.39 is 10.0 Å². The zero-order valence-electron chi connectivity index (χ0n) is 18.0. The summed E-state index contributed by atoms with van der Waals surface area (Å²) in [6.07, 6.45) is 2.39. The number of benzene rings is 1. The predicted octanol–water partition coefficient (Wildman–Crippen LogP) is 1.04. The van der Waals surface area contributed by atoms with Crippen molar-refractivity contribution in [2.45, 2.75) is 11.4 Å². The van der Waals surface area contributed by atoms with Gasteiger partial charge in [0, 0.05) is 67.2 Å². The molecular formula is C21H32N6O4S. The molecule has 11 heteroatoms. The number of piperazine rings is 1. The van der Waals surface area contributed by atoms with Gasteiger partial charge in [-0.15, -0.1) is 0 Å². The first-order valence-electron chi connectivity index (χ1n) is 10.2. The third-order valence-electron chi connectivity index (χ3n) is 5.32. The highest BCUT2D eigenvalue weighted by atomic mass is 32.2. The topological polar surface area (TPSA) is 142 Å². The monoisotopic (exact) mass is 464 g/mol. The van der Waals surface area contributed by atoms with Gasteiger partial charge in [-0.2, -0.15) is 4.31 Å². The minimum absolute atomic E-state index is 0. The summed E-state index contributed by atoms with van der Waals surface area (Å²) in [5.41, 5.74) is 7.06. The van der Waals surface area contributed by atoms with Crippen LogP contribution in [0.5, 0.6) is 0 Å². The number of ether oxygens (including phenoxy) is 1. The largest absolute Gasteiger partial charge is 0.383 e. The van der Waals surface area contributed by atoms with Crippen LogP contribution in [0.15, 0.2) is 41.4 Å². The van der Waals surface area contributed by atoms with E-state index in [0.717, 1.165) is 18.3 Å². The number of nitrogens with two attached hydrogens (primary N) is 1. The third-order valence-corrected chi connectivity index (χ3v) is 7.24. The lowest BCUT2D eigenvalue weighted by Gasteiger charge is -2.33. The summed E-state index contributed by atoms with van der Waals surface area (Å²) in [5, 5.41) is 10.1. The quantitative estimate of drug-likeness (QED) is 0.471. The third kappa shape index (κ3) is 5.68. The van der Waals surface area contributed by atoms with Crippen LogP contribution in [0.2, 0.25) is 0 Å². The maximum atomic E-state index is 12.9. The van der Waals surface area contributed by atoms with Crippen molar-refractivity contribution in [1.29, 1.82) is 5.41 Å². The summed E-state index contributed by atoms with van der Waals surface area (Å²) in [6, 6.07) is 7.99. The second-order valence-corrected chi connectivity index (χ2v) is 9.35. The fraction of sp³-hybridized carbons (Fsp3) is 0.381. The van der Waals surface area contributed by atoms with Crippen LogP contribution < -0.4 is 11.1 Å². The number of hydrogen-bond acceptors (Lipinski definition) is 8. The van der Waals surface area contributed by atoms with E-state index >= 15 is 0 Å². The normalized spacial score (nSPS) is 15.4. The molecule has 1 aliphatic heterocycles. The first kappa shape index (κ1) is 23.8. The Morgan fingerprint density at radius 3 is 2.59 bits per heavy atom. The highest BCUT2D eigenvalue weighted by Crippen LogP contribution is 2.18. The van der Waals surface area contributed by atoms with Crippen molar-refractivity contribution in [2.75, 3.05) is 52.2 Å². The molecule has 2 aromatic rings. The minimum Gasteiger partial charge on any atom is -0.383 e. The summed E-state index contributed by atoms with van der Waals surface area (Å²) < 4.78 is 32.5. The van der Waals surface area contributed by atoms with Crippen molar-refractivity contribution in [2.24, 2.45) is 0 Å². The molecule has 0 saturated carbocycles. The van der Waals surface area contributed by atoms with Crippen LogP contribution in [0.3, 0.4) is 0 Å². The second-order valence-electron chi connectivity index (χ2n) is 7.41. The summed E-state index contributed by atoms with van der Waals surface area (Å²) in [7, 11) is -1.91. The smallest absolute Gasteiger partial charge is 0.253 e. The van der Waals surface area contributed by atoms with E-state index in [9.17, 15) is 13.2 Å². The number of pyridine rings is 1. The maximum Gasteiger partial charge on any atom is 0.253 e. The van der Waals surface area contributed by atoms with Gasteiger partial charge in [0.05, 0.1) is 17.1 Å². The van der Waals surface area contributed by atoms with Crippen LogP contribution in [0.1, 0.15) is 24.3 Å². The lowest BCUT2D eigenvalue weighted by Crippen LogP contribution is -2.49. The predicted molar refractivity (Wildman–Crippen MR) is 125 cm³/mol. The molecular weight excluding hydrogens is 432 g/mol. The van der Waals surface area contributed by atoms with Gasteiger partial charge in [0.25, 0.3) is 5.91 Å². The van der Waals surface area contributed by atoms with Crippen LogP contribution in [0, 0.1) is 5.41 Å². The van der Waals surface area contributed by atoms with Crippen molar-refractivity contribution < 1.29 is 20.8 Å². The molecule has 3 rings (SSSR count). The number of nitrogen functional groups attached to an aromatic ring is 1. The van der Waals surface area contributed by atoms with Crippen LogP contribution in [0.4, 0.5) is 5.82 Å². The summed E-state index contributed by atoms with van der Waals surface area (Å²) in [4.78, 5) is 18.7. The molecule has 1 aromatic carbocycles. The Balaban J connectivity index is 0.00000289. The Morgan fingerprint density at radius 1 is 1.28 bits per heavy atom. The molecule has 0 aliphatic carbocycles. The van der Waals surface area contributed by atoms with Crippen molar-refractivity contribution in [3.8, 4) is 0 Å². The Hall–Kier alpha value is -2.86. The molecule has 176 valence electrons. The zero-order valence-corrected chi connectivity index (χ0v) is 18.8. The van der Waals surface area contributed by atoms with E-state index in [2.05, 4.69) is 15.2 Å². The molecule has 10 nitrogen and oxygen atoms in total. The van der Waals surface area contributed by atoms with Crippen LogP contribution in [-0.2, 0) is 21.3 Å². The number of amides is 1. The van der Waals surface area contributed by atoms with Gasteiger partial charge in [0.15, 0.2) is 0 Å². The van der Waals surface area contributed by atoms with Crippen molar-refractivity contribution in [3.63, 3.8) is 0 Å². The van der Waals surface area contributed by atoms with Crippen molar-refractivity contribution in [1.82, 2.24) is 19.5 Å². The van der Waals surface area contributed by atoms with E-state index in [1.54, 1.807) is 31.4 Å². The van der Waals surface area contributed by atoms with E-state index in [1.807, 2.05) is 0 Å². The highest BCUT2D eigenvalue weighted by Gasteiger charge is 2.28. The molecule has 1 aliphatic rings. The van der Waals surface area contributed by atoms with Gasteiger partial charge < -0.3 is 21.2 Å². The van der Waals surface area contributed by atoms with Gasteiger partial charge in [-0.25, -0.2) is 13.4 Å². The Bertz CT molecular complexity index is 1060. The molecule has 0 spiro atoms. The van der Waals surface area contributed by atoms with Gasteiger partial charge >= 0.3 is 0 Å². The maximum absolute atomic E-state index is 12.9. The van der Waals surface area contributed by atoms with Crippen LogP contribution in [0.25, 0.3) is 0 Å². The molecule has 1 fully saturated rings. The standard InChI is InChI=1S/C21H28N6O4S.2H2/c1-31-11-10-26-6-8-27(9-7-26)32(29,30)19-4-2-16(3-5-19)14-25-21(28)18-12-17(13-22)20(23)24-15-18;;/h2-5,12-13,15,22H,6-11,14H2,1H3,(H2,23,24)(H,25,28);2*1H. The number of methoxy groups -OCH3 is 1. The number of nitrogens with zero attached hydrogens (tertiary/aromatic N) is 3. The number of carbonyl (C=O) groups is 1. The molecule has 1 saturated heterocycles. The molecule has 1 aromatic heterocycles. The average Bonchev–Trinajstić information content (AvgIpc) is 2.82. The summed E-state index contributed by atoms with van der Waals surface area (Å²) >= 11 is 0.